The molecule has 4 aliphatic rings. The highest BCUT2D eigenvalue weighted by Gasteiger charge is 2.49. The molecule has 0 unspecified atom stereocenters. The Morgan fingerprint density at radius 3 is 2.28 bits per heavy atom. The maximum Gasteiger partial charge on any atom is 0.410 e. The molecule has 0 aliphatic carbocycles. The Balaban J connectivity index is 1.01. The van der Waals surface area contributed by atoms with Crippen LogP contribution in [0.5, 0.6) is 17.5 Å². The second-order valence-electron chi connectivity index (χ2n) is 20.8. The lowest BCUT2D eigenvalue weighted by Gasteiger charge is -2.39. The van der Waals surface area contributed by atoms with Gasteiger partial charge in [0.25, 0.3) is 0 Å². The van der Waals surface area contributed by atoms with Crippen molar-refractivity contribution in [2.75, 3.05) is 70.4 Å². The van der Waals surface area contributed by atoms with E-state index < -0.39 is 29.2 Å². The average molecular weight is 1030 g/mol. The highest BCUT2D eigenvalue weighted by molar-refractivity contribution is 6.36. The highest BCUT2D eigenvalue weighted by Crippen LogP contribution is 2.42. The Morgan fingerprint density at radius 1 is 0.905 bits per heavy atom. The lowest BCUT2D eigenvalue weighted by molar-refractivity contribution is -0.125. The number of rotatable bonds is 15. The summed E-state index contributed by atoms with van der Waals surface area (Å²) in [5.41, 5.74) is 0.969. The first-order valence-electron chi connectivity index (χ1n) is 25.3. The van der Waals surface area contributed by atoms with Crippen molar-refractivity contribution in [2.24, 2.45) is 0 Å². The molecule has 4 aliphatic heterocycles. The van der Waals surface area contributed by atoms with Crippen LogP contribution < -0.4 is 24.0 Å². The van der Waals surface area contributed by atoms with Crippen LogP contribution in [0.3, 0.4) is 0 Å². The summed E-state index contributed by atoms with van der Waals surface area (Å²) in [5.74, 6) is 1.46. The van der Waals surface area contributed by atoms with Gasteiger partial charge in [-0.2, -0.15) is 9.97 Å². The molecular formula is C56H62ClF2N9O6. The molecule has 4 atom stereocenters. The van der Waals surface area contributed by atoms with Gasteiger partial charge in [0.2, 0.25) is 5.91 Å². The maximum absolute atomic E-state index is 18.0. The molecule has 0 saturated carbocycles. The largest absolute Gasteiger partial charge is 0.497 e. The Bertz CT molecular complexity index is 3040. The van der Waals surface area contributed by atoms with Crippen molar-refractivity contribution in [2.45, 2.75) is 95.4 Å². The fraction of sp³-hybridized carbons (Fsp3) is 0.429. The number of halogens is 3. The van der Waals surface area contributed by atoms with Gasteiger partial charge in [-0.1, -0.05) is 54.1 Å². The number of nitrogens with zero attached hydrogens (tertiary/aromatic N) is 9. The van der Waals surface area contributed by atoms with Crippen LogP contribution in [0.1, 0.15) is 64.0 Å². The average Bonchev–Trinajstić information content (AvgIpc) is 4.10. The molecule has 18 heteroatoms. The topological polar surface area (TPSA) is 139 Å². The Kier molecular flexibility index (Phi) is 14.3. The molecular weight excluding hydrogens is 968 g/mol. The van der Waals surface area contributed by atoms with Gasteiger partial charge < -0.3 is 38.5 Å². The highest BCUT2D eigenvalue weighted by atomic mass is 35.5. The van der Waals surface area contributed by atoms with Crippen LogP contribution in [0, 0.1) is 5.82 Å². The number of carbonyl (C=O) groups excluding carboxylic acids is 2. The lowest BCUT2D eigenvalue weighted by Crippen LogP contribution is -2.51. The second-order valence-corrected chi connectivity index (χ2v) is 21.2. The Labute approximate surface area is 435 Å². The number of carbonyl (C=O) groups is 2. The SMILES string of the molecule is COc1ccc(CN(Cc2ccc(OC)cc2)c2cc3cccc(Cl)c3c(-c3ncc4c(N(C)[C@@H]5CCN(C(=O)/C=C/[C@@H]6CCN6C(=O)OC(C)(C)C)C5)nc(OC[C@@]56CCCN5C[C@H](F)C6)nc4c3F)n2)cc1. The molecule has 0 radical (unpaired) electrons. The molecule has 388 valence electrons. The molecule has 3 aromatic carbocycles. The lowest BCUT2D eigenvalue weighted by atomic mass is 9.95. The first-order chi connectivity index (χ1) is 35.6. The second kappa shape index (κ2) is 20.8. The Morgan fingerprint density at radius 2 is 1.62 bits per heavy atom. The maximum atomic E-state index is 18.0. The predicted molar refractivity (Wildman–Crippen MR) is 281 cm³/mol. The van der Waals surface area contributed by atoms with Gasteiger partial charge in [-0.05, 0) is 106 Å². The van der Waals surface area contributed by atoms with Crippen LogP contribution in [-0.2, 0) is 22.6 Å². The summed E-state index contributed by atoms with van der Waals surface area (Å²) in [5, 5.41) is 1.94. The molecule has 10 rings (SSSR count). The van der Waals surface area contributed by atoms with Crippen molar-refractivity contribution in [3.05, 3.63) is 113 Å². The number of methoxy groups -OCH3 is 2. The van der Waals surface area contributed by atoms with E-state index >= 15 is 4.39 Å². The van der Waals surface area contributed by atoms with E-state index in [1.165, 1.54) is 6.08 Å². The van der Waals surface area contributed by atoms with Gasteiger partial charge in [0.05, 0.1) is 36.2 Å². The number of anilines is 2. The fourth-order valence-corrected chi connectivity index (χ4v) is 11.0. The number of hydrogen-bond acceptors (Lipinski definition) is 13. The van der Waals surface area contributed by atoms with Crippen LogP contribution in [0.15, 0.2) is 91.1 Å². The van der Waals surface area contributed by atoms with Crippen molar-refractivity contribution in [1.29, 1.82) is 0 Å². The molecule has 2 amide bonds. The minimum absolute atomic E-state index is 0.0398. The first kappa shape index (κ1) is 50.7. The molecule has 0 spiro atoms. The number of ether oxygens (including phenoxy) is 4. The van der Waals surface area contributed by atoms with Gasteiger partial charge in [0.15, 0.2) is 5.82 Å². The Hall–Kier alpha value is -6.85. The summed E-state index contributed by atoms with van der Waals surface area (Å²) in [4.78, 5) is 55.7. The molecule has 4 fully saturated rings. The number of benzene rings is 3. The number of fused-ring (bicyclic) bond motifs is 3. The summed E-state index contributed by atoms with van der Waals surface area (Å²) >= 11 is 7.01. The number of likely N-dealkylation sites (tertiary alicyclic amines) is 2. The minimum Gasteiger partial charge on any atom is -0.497 e. The van der Waals surface area contributed by atoms with Crippen molar-refractivity contribution in [1.82, 2.24) is 34.6 Å². The third-order valence-corrected chi connectivity index (χ3v) is 15.1. The molecule has 3 aromatic heterocycles. The zero-order chi connectivity index (χ0) is 51.9. The van der Waals surface area contributed by atoms with Gasteiger partial charge in [-0.15, -0.1) is 0 Å². The van der Waals surface area contributed by atoms with Crippen molar-refractivity contribution < 1.29 is 37.3 Å². The smallest absolute Gasteiger partial charge is 0.410 e. The summed E-state index contributed by atoms with van der Waals surface area (Å²) < 4.78 is 55.8. The van der Waals surface area contributed by atoms with E-state index in [2.05, 4.69) is 9.80 Å². The molecule has 6 aromatic rings. The van der Waals surface area contributed by atoms with E-state index in [0.717, 1.165) is 53.8 Å². The van der Waals surface area contributed by atoms with Crippen LogP contribution >= 0.6 is 11.6 Å². The minimum atomic E-state index is -0.974. The number of hydrogen-bond donors (Lipinski definition) is 0. The number of aromatic nitrogens is 4. The number of alkyl halides is 1. The van der Waals surface area contributed by atoms with Gasteiger partial charge in [-0.3, -0.25) is 14.7 Å². The molecule has 74 heavy (non-hydrogen) atoms. The van der Waals surface area contributed by atoms with Crippen LogP contribution in [-0.4, -0.2) is 137 Å². The normalized spacial score (nSPS) is 20.8. The first-order valence-corrected chi connectivity index (χ1v) is 25.6. The zero-order valence-electron chi connectivity index (χ0n) is 42.7. The summed E-state index contributed by atoms with van der Waals surface area (Å²) in [6, 6.07) is 22.6. The van der Waals surface area contributed by atoms with Crippen LogP contribution in [0.2, 0.25) is 5.02 Å². The van der Waals surface area contributed by atoms with Gasteiger partial charge >= 0.3 is 12.1 Å². The zero-order valence-corrected chi connectivity index (χ0v) is 43.4. The molecule has 0 bridgehead atoms. The van der Waals surface area contributed by atoms with E-state index in [9.17, 15) is 14.0 Å². The third kappa shape index (κ3) is 10.5. The van der Waals surface area contributed by atoms with Crippen molar-refractivity contribution in [3.63, 3.8) is 0 Å². The molecule has 15 nitrogen and oxygen atoms in total. The van der Waals surface area contributed by atoms with E-state index in [-0.39, 0.29) is 47.5 Å². The van der Waals surface area contributed by atoms with Gasteiger partial charge in [-0.25, -0.2) is 18.6 Å². The predicted octanol–water partition coefficient (Wildman–Crippen LogP) is 9.81. The standard InChI is InChI=1S/C56H62ClF2N9O6/c1-55(2,3)74-54(70)68-26-22-39(68)15-20-46(69)65-25-21-40(33-65)64(4)52-43-29-60-51(48(59)49(43)62-53(63-52)73-34-56-23-8-24-67(56)32-38(58)28-56)50-47-37(9-7-10-44(47)57)27-45(61-50)66(30-35-11-16-41(71-5)17-12-35)31-36-13-18-42(72-6)19-14-36/h7,9-20,27,29,38-40H,8,21-26,28,30-34H2,1-6H3/b20-15+/t38-,39-,40-,56+/m1/s1. The summed E-state index contributed by atoms with van der Waals surface area (Å²) in [6.45, 7) is 8.99. The van der Waals surface area contributed by atoms with Crippen molar-refractivity contribution >= 4 is 56.9 Å². The molecule has 4 saturated heterocycles. The number of amides is 2. The number of pyridine rings is 2. The van der Waals surface area contributed by atoms with Gasteiger partial charge in [0, 0.05) is 76.4 Å². The third-order valence-electron chi connectivity index (χ3n) is 14.8. The number of likely N-dealkylation sites (N-methyl/N-ethyl adjacent to an activating group) is 1. The quantitative estimate of drug-likeness (QED) is 0.0903. The molecule has 7 heterocycles. The monoisotopic (exact) mass is 1030 g/mol. The summed E-state index contributed by atoms with van der Waals surface area (Å²) in [6.07, 6.45) is 6.82. The van der Waals surface area contributed by atoms with Crippen LogP contribution in [0.25, 0.3) is 33.1 Å². The van der Waals surface area contributed by atoms with E-state index in [4.69, 9.17) is 50.5 Å². The van der Waals surface area contributed by atoms with E-state index in [1.54, 1.807) is 42.4 Å². The fourth-order valence-electron chi connectivity index (χ4n) is 10.8. The summed E-state index contributed by atoms with van der Waals surface area (Å²) in [7, 11) is 5.12. The van der Waals surface area contributed by atoms with Crippen LogP contribution in [0.4, 0.5) is 25.2 Å². The van der Waals surface area contributed by atoms with Gasteiger partial charge in [0.1, 0.15) is 58.4 Å². The van der Waals surface area contributed by atoms with E-state index in [1.807, 2.05) is 99.4 Å². The van der Waals surface area contributed by atoms with E-state index in [0.29, 0.717) is 79.5 Å². The van der Waals surface area contributed by atoms with Crippen molar-refractivity contribution in [3.8, 4) is 28.9 Å². The molecule has 0 N–H and O–H groups in total.